The zero-order valence-electron chi connectivity index (χ0n) is 15.5. The van der Waals surface area contributed by atoms with Gasteiger partial charge in [-0.15, -0.1) is 0 Å². The molecule has 0 aliphatic rings. The molecule has 1 aromatic carbocycles. The SMILES string of the molecule is CN(C)C(=O)CC[C@H](NC(=O)CNC(=O)OCc1ccccc1)C(O)CF. The van der Waals surface area contributed by atoms with Crippen LogP contribution >= 0.6 is 0 Å². The van der Waals surface area contributed by atoms with Crippen LogP contribution in [0, 0.1) is 0 Å². The fourth-order valence-corrected chi connectivity index (χ4v) is 2.16. The summed E-state index contributed by atoms with van der Waals surface area (Å²) >= 11 is 0. The summed E-state index contributed by atoms with van der Waals surface area (Å²) in [5.74, 6) is -0.829. The van der Waals surface area contributed by atoms with E-state index in [1.165, 1.54) is 4.90 Å². The number of ether oxygens (including phenoxy) is 1. The molecule has 0 radical (unpaired) electrons. The van der Waals surface area contributed by atoms with Gasteiger partial charge in [-0.05, 0) is 12.0 Å². The van der Waals surface area contributed by atoms with Gasteiger partial charge in [0.1, 0.15) is 25.9 Å². The number of amides is 3. The summed E-state index contributed by atoms with van der Waals surface area (Å²) in [5, 5.41) is 14.4. The van der Waals surface area contributed by atoms with Crippen molar-refractivity contribution in [2.45, 2.75) is 31.6 Å². The lowest BCUT2D eigenvalue weighted by Crippen LogP contribution is -2.48. The maximum Gasteiger partial charge on any atom is 0.407 e. The van der Waals surface area contributed by atoms with Crippen LogP contribution in [0.3, 0.4) is 0 Å². The summed E-state index contributed by atoms with van der Waals surface area (Å²) in [6.07, 6.45) is -2.10. The Morgan fingerprint density at radius 1 is 1.22 bits per heavy atom. The van der Waals surface area contributed by atoms with Gasteiger partial charge in [0.25, 0.3) is 0 Å². The molecular weight excluding hydrogens is 357 g/mol. The van der Waals surface area contributed by atoms with Crippen molar-refractivity contribution in [2.24, 2.45) is 0 Å². The lowest BCUT2D eigenvalue weighted by molar-refractivity contribution is -0.129. The van der Waals surface area contributed by atoms with E-state index in [0.29, 0.717) is 0 Å². The van der Waals surface area contributed by atoms with Gasteiger partial charge < -0.3 is 25.4 Å². The van der Waals surface area contributed by atoms with Crippen molar-refractivity contribution < 1.29 is 28.6 Å². The molecule has 150 valence electrons. The molecule has 3 N–H and O–H groups in total. The first kappa shape index (κ1) is 22.4. The molecule has 0 saturated carbocycles. The fourth-order valence-electron chi connectivity index (χ4n) is 2.16. The lowest BCUT2D eigenvalue weighted by atomic mass is 10.1. The van der Waals surface area contributed by atoms with Gasteiger partial charge in [0, 0.05) is 20.5 Å². The van der Waals surface area contributed by atoms with Crippen LogP contribution in [-0.4, -0.2) is 67.4 Å². The van der Waals surface area contributed by atoms with Crippen LogP contribution < -0.4 is 10.6 Å². The Balaban J connectivity index is 2.39. The van der Waals surface area contributed by atoms with Gasteiger partial charge in [-0.1, -0.05) is 30.3 Å². The van der Waals surface area contributed by atoms with Crippen LogP contribution in [0.5, 0.6) is 0 Å². The summed E-state index contributed by atoms with van der Waals surface area (Å²) in [6.45, 7) is -1.40. The van der Waals surface area contributed by atoms with Crippen molar-refractivity contribution in [1.82, 2.24) is 15.5 Å². The van der Waals surface area contributed by atoms with E-state index in [0.717, 1.165) is 5.56 Å². The van der Waals surface area contributed by atoms with Gasteiger partial charge in [0.15, 0.2) is 0 Å². The molecule has 0 aliphatic carbocycles. The molecule has 0 saturated heterocycles. The predicted octanol–water partition coefficient (Wildman–Crippen LogP) is 0.596. The Labute approximate surface area is 157 Å². The molecule has 0 spiro atoms. The van der Waals surface area contributed by atoms with Crippen molar-refractivity contribution in [3.8, 4) is 0 Å². The second-order valence-electron chi connectivity index (χ2n) is 6.14. The maximum atomic E-state index is 12.8. The third-order valence-corrected chi connectivity index (χ3v) is 3.74. The Morgan fingerprint density at radius 2 is 1.89 bits per heavy atom. The number of halogens is 1. The van der Waals surface area contributed by atoms with E-state index < -0.39 is 37.4 Å². The van der Waals surface area contributed by atoms with Crippen molar-refractivity contribution in [3.05, 3.63) is 35.9 Å². The minimum atomic E-state index is -1.44. The van der Waals surface area contributed by atoms with E-state index in [1.54, 1.807) is 38.4 Å². The van der Waals surface area contributed by atoms with Crippen molar-refractivity contribution in [2.75, 3.05) is 27.3 Å². The van der Waals surface area contributed by atoms with E-state index in [2.05, 4.69) is 10.6 Å². The summed E-state index contributed by atoms with van der Waals surface area (Å²) in [6, 6.07) is 8.09. The second kappa shape index (κ2) is 11.8. The number of carbonyl (C=O) groups excluding carboxylic acids is 3. The normalized spacial score (nSPS) is 12.6. The number of benzene rings is 1. The first-order valence-corrected chi connectivity index (χ1v) is 8.51. The van der Waals surface area contributed by atoms with Crippen LogP contribution in [0.2, 0.25) is 0 Å². The molecule has 2 atom stereocenters. The summed E-state index contributed by atoms with van der Waals surface area (Å²) in [7, 11) is 3.15. The molecular formula is C18H26FN3O5. The molecule has 9 heteroatoms. The first-order chi connectivity index (χ1) is 12.8. The molecule has 0 aromatic heterocycles. The standard InChI is InChI=1S/C18H26FN3O5/c1-22(2)17(25)9-8-14(15(23)10-19)21-16(24)11-20-18(26)27-12-13-6-4-3-5-7-13/h3-7,14-15,23H,8-12H2,1-2H3,(H,20,26)(H,21,24)/t14-,15?/m0/s1. The van der Waals surface area contributed by atoms with Crippen LogP contribution in [0.1, 0.15) is 18.4 Å². The monoisotopic (exact) mass is 383 g/mol. The highest BCUT2D eigenvalue weighted by atomic mass is 19.1. The molecule has 1 unspecified atom stereocenters. The summed E-state index contributed by atoms with van der Waals surface area (Å²) in [5.41, 5.74) is 0.800. The lowest BCUT2D eigenvalue weighted by Gasteiger charge is -2.23. The fraction of sp³-hybridized carbons (Fsp3) is 0.500. The maximum absolute atomic E-state index is 12.8. The molecule has 3 amide bonds. The number of nitrogens with zero attached hydrogens (tertiary/aromatic N) is 1. The van der Waals surface area contributed by atoms with Crippen molar-refractivity contribution in [3.63, 3.8) is 0 Å². The number of hydrogen-bond donors (Lipinski definition) is 3. The highest BCUT2D eigenvalue weighted by molar-refractivity contribution is 5.82. The van der Waals surface area contributed by atoms with Crippen LogP contribution in [-0.2, 0) is 20.9 Å². The molecule has 8 nitrogen and oxygen atoms in total. The van der Waals surface area contributed by atoms with Gasteiger partial charge in [-0.25, -0.2) is 9.18 Å². The van der Waals surface area contributed by atoms with Gasteiger partial charge in [-0.3, -0.25) is 9.59 Å². The average molecular weight is 383 g/mol. The Morgan fingerprint density at radius 3 is 2.48 bits per heavy atom. The van der Waals surface area contributed by atoms with Gasteiger partial charge in [0.05, 0.1) is 6.04 Å². The van der Waals surface area contributed by atoms with Gasteiger partial charge in [0.2, 0.25) is 11.8 Å². The van der Waals surface area contributed by atoms with Crippen LogP contribution in [0.4, 0.5) is 9.18 Å². The summed E-state index contributed by atoms with van der Waals surface area (Å²) < 4.78 is 17.7. The molecule has 0 aliphatic heterocycles. The average Bonchev–Trinajstić information content (AvgIpc) is 2.67. The molecule has 1 rings (SSSR count). The van der Waals surface area contributed by atoms with E-state index >= 15 is 0 Å². The minimum Gasteiger partial charge on any atom is -0.445 e. The highest BCUT2D eigenvalue weighted by Crippen LogP contribution is 2.06. The largest absolute Gasteiger partial charge is 0.445 e. The third kappa shape index (κ3) is 9.00. The smallest absolute Gasteiger partial charge is 0.407 e. The second-order valence-corrected chi connectivity index (χ2v) is 6.14. The Kier molecular flexibility index (Phi) is 9.81. The molecule has 0 heterocycles. The summed E-state index contributed by atoms with van der Waals surface area (Å²) in [4.78, 5) is 36.5. The number of aliphatic hydroxyl groups is 1. The molecule has 27 heavy (non-hydrogen) atoms. The van der Waals surface area contributed by atoms with E-state index in [9.17, 15) is 23.9 Å². The molecule has 1 aromatic rings. The number of hydrogen-bond acceptors (Lipinski definition) is 5. The highest BCUT2D eigenvalue weighted by Gasteiger charge is 2.22. The zero-order valence-corrected chi connectivity index (χ0v) is 15.5. The molecule has 0 bridgehead atoms. The Hall–Kier alpha value is -2.68. The number of rotatable bonds is 10. The van der Waals surface area contributed by atoms with Crippen molar-refractivity contribution in [1.29, 1.82) is 0 Å². The zero-order chi connectivity index (χ0) is 20.2. The van der Waals surface area contributed by atoms with E-state index in [1.807, 2.05) is 6.07 Å². The Bertz CT molecular complexity index is 612. The number of carbonyl (C=O) groups is 3. The molecule has 0 fully saturated rings. The predicted molar refractivity (Wildman–Crippen MR) is 96.5 cm³/mol. The number of alkyl halides is 1. The van der Waals surface area contributed by atoms with E-state index in [-0.39, 0.29) is 25.4 Å². The number of nitrogens with one attached hydrogen (secondary N) is 2. The van der Waals surface area contributed by atoms with Gasteiger partial charge in [-0.2, -0.15) is 0 Å². The topological polar surface area (TPSA) is 108 Å². The van der Waals surface area contributed by atoms with Crippen LogP contribution in [0.25, 0.3) is 0 Å². The van der Waals surface area contributed by atoms with Crippen molar-refractivity contribution >= 4 is 17.9 Å². The minimum absolute atomic E-state index is 0.0432. The van der Waals surface area contributed by atoms with Crippen LogP contribution in [0.15, 0.2) is 30.3 Å². The number of alkyl carbamates (subject to hydrolysis) is 1. The quantitative estimate of drug-likeness (QED) is 0.548. The van der Waals surface area contributed by atoms with Gasteiger partial charge >= 0.3 is 6.09 Å². The third-order valence-electron chi connectivity index (χ3n) is 3.74. The number of aliphatic hydroxyl groups excluding tert-OH is 1. The first-order valence-electron chi connectivity index (χ1n) is 8.51. The van der Waals surface area contributed by atoms with E-state index in [4.69, 9.17) is 4.74 Å².